The Labute approximate surface area is 196 Å². The van der Waals surface area contributed by atoms with Crippen molar-refractivity contribution in [2.75, 3.05) is 26.1 Å². The van der Waals surface area contributed by atoms with Gasteiger partial charge in [0, 0.05) is 18.8 Å². The van der Waals surface area contributed by atoms with E-state index >= 15 is 0 Å². The number of hydrogen-bond acceptors (Lipinski definition) is 4. The molecule has 0 saturated carbocycles. The molecule has 0 fully saturated rings. The molecule has 0 aromatic heterocycles. The number of fused-ring (bicyclic) bond motifs is 1. The third-order valence-corrected chi connectivity index (χ3v) is 6.08. The summed E-state index contributed by atoms with van der Waals surface area (Å²) >= 11 is 0. The van der Waals surface area contributed by atoms with Gasteiger partial charge in [-0.15, -0.1) is 0 Å². The van der Waals surface area contributed by atoms with Crippen molar-refractivity contribution in [2.24, 2.45) is 5.92 Å². The van der Waals surface area contributed by atoms with Gasteiger partial charge in [0.1, 0.15) is 6.04 Å². The standard InChI is InChI=1S/C26H35N3O4/c1-16(2)18-7-9-21(10-8-18)27-26(31)28-24(17(3)4)25(30)29-12-11-19-13-22(32-5)23(33-6)14-20(19)15-29/h7-10,13-14,16-17,24H,11-12,15H2,1-6H3,(H2,27,28,31). The number of urea groups is 1. The average Bonchev–Trinajstić information content (AvgIpc) is 2.80. The molecule has 2 N–H and O–H groups in total. The molecule has 2 aromatic carbocycles. The number of methoxy groups -OCH3 is 2. The molecule has 1 aliphatic heterocycles. The Balaban J connectivity index is 1.68. The van der Waals surface area contributed by atoms with Crippen molar-refractivity contribution >= 4 is 17.6 Å². The molecule has 0 saturated heterocycles. The number of anilines is 1. The fraction of sp³-hybridized carbons (Fsp3) is 0.462. The predicted octanol–water partition coefficient (Wildman–Crippen LogP) is 4.56. The lowest BCUT2D eigenvalue weighted by atomic mass is 9.96. The van der Waals surface area contributed by atoms with Crippen molar-refractivity contribution in [3.63, 3.8) is 0 Å². The van der Waals surface area contributed by atoms with E-state index in [1.807, 2.05) is 50.2 Å². The maximum absolute atomic E-state index is 13.4. The number of amides is 3. The average molecular weight is 454 g/mol. The van der Waals surface area contributed by atoms with E-state index in [-0.39, 0.29) is 17.9 Å². The van der Waals surface area contributed by atoms with Crippen molar-refractivity contribution in [1.82, 2.24) is 10.2 Å². The molecule has 3 amide bonds. The summed E-state index contributed by atoms with van der Waals surface area (Å²) in [6.45, 7) is 9.18. The van der Waals surface area contributed by atoms with Crippen molar-refractivity contribution in [2.45, 2.75) is 52.6 Å². The summed E-state index contributed by atoms with van der Waals surface area (Å²) in [6, 6.07) is 10.7. The van der Waals surface area contributed by atoms with E-state index in [9.17, 15) is 9.59 Å². The molecule has 7 heteroatoms. The SMILES string of the molecule is COc1cc2c(cc1OC)CN(C(=O)C(NC(=O)Nc1ccc(C(C)C)cc1)C(C)C)CC2. The lowest BCUT2D eigenvalue weighted by Crippen LogP contribution is -2.53. The second-order valence-electron chi connectivity index (χ2n) is 9.08. The monoisotopic (exact) mass is 453 g/mol. The summed E-state index contributed by atoms with van der Waals surface area (Å²) in [4.78, 5) is 27.8. The molecule has 33 heavy (non-hydrogen) atoms. The van der Waals surface area contributed by atoms with Crippen LogP contribution in [-0.2, 0) is 17.8 Å². The summed E-state index contributed by atoms with van der Waals surface area (Å²) < 4.78 is 10.8. The zero-order valence-corrected chi connectivity index (χ0v) is 20.4. The molecule has 1 unspecified atom stereocenters. The van der Waals surface area contributed by atoms with Gasteiger partial charge in [-0.2, -0.15) is 0 Å². The maximum Gasteiger partial charge on any atom is 0.319 e. The molecule has 1 heterocycles. The zero-order valence-electron chi connectivity index (χ0n) is 20.4. The number of rotatable bonds is 7. The highest BCUT2D eigenvalue weighted by Crippen LogP contribution is 2.33. The van der Waals surface area contributed by atoms with E-state index in [4.69, 9.17) is 9.47 Å². The van der Waals surface area contributed by atoms with Gasteiger partial charge in [-0.25, -0.2) is 4.79 Å². The Kier molecular flexibility index (Phi) is 7.84. The van der Waals surface area contributed by atoms with Crippen LogP contribution in [0.3, 0.4) is 0 Å². The van der Waals surface area contributed by atoms with Gasteiger partial charge < -0.3 is 25.0 Å². The quantitative estimate of drug-likeness (QED) is 0.644. The van der Waals surface area contributed by atoms with Crippen molar-refractivity contribution in [3.05, 3.63) is 53.1 Å². The van der Waals surface area contributed by atoms with E-state index in [0.717, 1.165) is 17.5 Å². The van der Waals surface area contributed by atoms with Gasteiger partial charge >= 0.3 is 6.03 Å². The smallest absolute Gasteiger partial charge is 0.319 e. The molecule has 0 radical (unpaired) electrons. The minimum absolute atomic E-state index is 0.0571. The number of nitrogens with zero attached hydrogens (tertiary/aromatic N) is 1. The third-order valence-electron chi connectivity index (χ3n) is 6.08. The van der Waals surface area contributed by atoms with Crippen molar-refractivity contribution in [3.8, 4) is 11.5 Å². The van der Waals surface area contributed by atoms with Crippen LogP contribution in [0.1, 0.15) is 50.3 Å². The first-order chi connectivity index (χ1) is 15.7. The summed E-state index contributed by atoms with van der Waals surface area (Å²) in [5, 5.41) is 5.72. The molecule has 0 bridgehead atoms. The second-order valence-corrected chi connectivity index (χ2v) is 9.08. The van der Waals surface area contributed by atoms with Crippen LogP contribution in [0.2, 0.25) is 0 Å². The third kappa shape index (κ3) is 5.78. The van der Waals surface area contributed by atoms with Gasteiger partial charge in [0.15, 0.2) is 11.5 Å². The number of hydrogen-bond donors (Lipinski definition) is 2. The van der Waals surface area contributed by atoms with E-state index in [1.165, 1.54) is 5.56 Å². The van der Waals surface area contributed by atoms with Gasteiger partial charge in [0.2, 0.25) is 5.91 Å². The van der Waals surface area contributed by atoms with Crippen LogP contribution in [0.15, 0.2) is 36.4 Å². The molecule has 0 spiro atoms. The summed E-state index contributed by atoms with van der Waals surface area (Å²) in [7, 11) is 3.22. The first-order valence-electron chi connectivity index (χ1n) is 11.4. The molecule has 178 valence electrons. The highest BCUT2D eigenvalue weighted by Gasteiger charge is 2.31. The largest absolute Gasteiger partial charge is 0.493 e. The lowest BCUT2D eigenvalue weighted by molar-refractivity contribution is -0.135. The number of carbonyl (C=O) groups excluding carboxylic acids is 2. The Hall–Kier alpha value is -3.22. The van der Waals surface area contributed by atoms with E-state index in [0.29, 0.717) is 36.2 Å². The number of ether oxygens (including phenoxy) is 2. The van der Waals surface area contributed by atoms with Crippen LogP contribution in [0.4, 0.5) is 10.5 Å². The lowest BCUT2D eigenvalue weighted by Gasteiger charge is -2.33. The molecule has 0 aliphatic carbocycles. The fourth-order valence-corrected chi connectivity index (χ4v) is 4.04. The van der Waals surface area contributed by atoms with Crippen LogP contribution in [0.5, 0.6) is 11.5 Å². The van der Waals surface area contributed by atoms with Crippen LogP contribution in [0, 0.1) is 5.92 Å². The van der Waals surface area contributed by atoms with Crippen LogP contribution < -0.4 is 20.1 Å². The maximum atomic E-state index is 13.4. The van der Waals surface area contributed by atoms with Gasteiger partial charge in [-0.3, -0.25) is 4.79 Å². The first kappa shape index (κ1) is 24.4. The topological polar surface area (TPSA) is 79.9 Å². The van der Waals surface area contributed by atoms with Gasteiger partial charge in [0.05, 0.1) is 14.2 Å². The number of benzene rings is 2. The Bertz CT molecular complexity index is 986. The molecule has 7 nitrogen and oxygen atoms in total. The van der Waals surface area contributed by atoms with Crippen molar-refractivity contribution < 1.29 is 19.1 Å². The number of nitrogens with one attached hydrogen (secondary N) is 2. The number of carbonyl (C=O) groups is 2. The van der Waals surface area contributed by atoms with Gasteiger partial charge in [-0.05, 0) is 59.2 Å². The van der Waals surface area contributed by atoms with Gasteiger partial charge in [0.25, 0.3) is 0 Å². The fourth-order valence-electron chi connectivity index (χ4n) is 4.04. The molecule has 3 rings (SSSR count). The second kappa shape index (κ2) is 10.6. The highest BCUT2D eigenvalue weighted by molar-refractivity contribution is 5.94. The zero-order chi connectivity index (χ0) is 24.1. The molecule has 2 aromatic rings. The minimum Gasteiger partial charge on any atom is -0.493 e. The molecule has 1 atom stereocenters. The summed E-state index contributed by atoms with van der Waals surface area (Å²) in [6.07, 6.45) is 0.723. The van der Waals surface area contributed by atoms with E-state index in [1.54, 1.807) is 19.1 Å². The Morgan fingerprint density at radius 3 is 2.09 bits per heavy atom. The normalized spacial score (nSPS) is 14.0. The predicted molar refractivity (Wildman–Crippen MR) is 130 cm³/mol. The van der Waals surface area contributed by atoms with Crippen LogP contribution >= 0.6 is 0 Å². The highest BCUT2D eigenvalue weighted by atomic mass is 16.5. The van der Waals surface area contributed by atoms with Crippen molar-refractivity contribution in [1.29, 1.82) is 0 Å². The van der Waals surface area contributed by atoms with Crippen LogP contribution in [-0.4, -0.2) is 43.6 Å². The molecular formula is C26H35N3O4. The summed E-state index contributed by atoms with van der Waals surface area (Å²) in [5.41, 5.74) is 4.08. The minimum atomic E-state index is -0.623. The first-order valence-corrected chi connectivity index (χ1v) is 11.4. The molecular weight excluding hydrogens is 418 g/mol. The van der Waals surface area contributed by atoms with E-state index < -0.39 is 6.04 Å². The van der Waals surface area contributed by atoms with Crippen LogP contribution in [0.25, 0.3) is 0 Å². The summed E-state index contributed by atoms with van der Waals surface area (Å²) in [5.74, 6) is 1.61. The Morgan fingerprint density at radius 1 is 0.939 bits per heavy atom. The van der Waals surface area contributed by atoms with E-state index in [2.05, 4.69) is 24.5 Å². The molecule has 1 aliphatic rings. The van der Waals surface area contributed by atoms with Gasteiger partial charge in [-0.1, -0.05) is 39.8 Å². The Morgan fingerprint density at radius 2 is 1.55 bits per heavy atom.